The summed E-state index contributed by atoms with van der Waals surface area (Å²) >= 11 is 0. The summed E-state index contributed by atoms with van der Waals surface area (Å²) in [6, 6.07) is 13.6. The third-order valence-electron chi connectivity index (χ3n) is 3.58. The monoisotopic (exact) mass is 286 g/mol. The van der Waals surface area contributed by atoms with Gasteiger partial charge in [-0.1, -0.05) is 30.3 Å². The average molecular weight is 286 g/mol. The van der Waals surface area contributed by atoms with Crippen molar-refractivity contribution in [3.8, 4) is 0 Å². The van der Waals surface area contributed by atoms with Crippen LogP contribution in [-0.2, 0) is 7.05 Å². The fourth-order valence-corrected chi connectivity index (χ4v) is 2.48. The molecule has 2 aromatic rings. The number of hydrogen-bond acceptors (Lipinski definition) is 2. The lowest BCUT2D eigenvalue weighted by Gasteiger charge is -2.19. The summed E-state index contributed by atoms with van der Waals surface area (Å²) in [7, 11) is 1.85. The van der Waals surface area contributed by atoms with Crippen molar-refractivity contribution in [1.82, 2.24) is 9.88 Å². The van der Waals surface area contributed by atoms with Crippen molar-refractivity contribution in [2.45, 2.75) is 25.4 Å². The lowest BCUT2D eigenvalue weighted by molar-refractivity contribution is 0.0937. The van der Waals surface area contributed by atoms with Gasteiger partial charge in [-0.15, -0.1) is 0 Å². The lowest BCUT2D eigenvalue weighted by Crippen LogP contribution is -2.30. The summed E-state index contributed by atoms with van der Waals surface area (Å²) in [4.78, 5) is 12.2. The van der Waals surface area contributed by atoms with Crippen LogP contribution >= 0.6 is 0 Å². The van der Waals surface area contributed by atoms with Crippen molar-refractivity contribution < 1.29 is 9.90 Å². The second-order valence-electron chi connectivity index (χ2n) is 5.41. The van der Waals surface area contributed by atoms with Crippen molar-refractivity contribution in [3.05, 3.63) is 59.9 Å². The van der Waals surface area contributed by atoms with E-state index in [0.29, 0.717) is 18.7 Å². The highest BCUT2D eigenvalue weighted by Gasteiger charge is 2.16. The van der Waals surface area contributed by atoms with Gasteiger partial charge in [0.2, 0.25) is 0 Å². The highest BCUT2D eigenvalue weighted by molar-refractivity contribution is 5.92. The zero-order chi connectivity index (χ0) is 15.2. The van der Waals surface area contributed by atoms with E-state index in [0.717, 1.165) is 5.56 Å². The normalized spacial score (nSPS) is 13.7. The molecular weight excluding hydrogens is 264 g/mol. The van der Waals surface area contributed by atoms with Gasteiger partial charge in [0.15, 0.2) is 0 Å². The van der Waals surface area contributed by atoms with Gasteiger partial charge >= 0.3 is 0 Å². The maximum atomic E-state index is 12.2. The number of aliphatic hydroxyl groups is 1. The number of nitrogens with zero attached hydrogens (tertiary/aromatic N) is 1. The smallest absolute Gasteiger partial charge is 0.267 e. The Bertz CT molecular complexity index is 575. The van der Waals surface area contributed by atoms with Crippen LogP contribution in [0.4, 0.5) is 0 Å². The predicted octanol–water partition coefficient (Wildman–Crippen LogP) is 2.31. The van der Waals surface area contributed by atoms with Crippen molar-refractivity contribution in [1.29, 1.82) is 0 Å². The van der Waals surface area contributed by atoms with Crippen LogP contribution in [0, 0.1) is 0 Å². The van der Waals surface area contributed by atoms with E-state index in [-0.39, 0.29) is 11.8 Å². The SMILES string of the molecule is CC(O)CC(CNC(=O)c1cccn1C)c1ccccc1. The van der Waals surface area contributed by atoms with Crippen molar-refractivity contribution in [2.75, 3.05) is 6.54 Å². The fourth-order valence-electron chi connectivity index (χ4n) is 2.48. The van der Waals surface area contributed by atoms with Crippen LogP contribution in [0.1, 0.15) is 35.3 Å². The molecule has 2 rings (SSSR count). The van der Waals surface area contributed by atoms with Gasteiger partial charge in [-0.3, -0.25) is 4.79 Å². The first-order valence-electron chi connectivity index (χ1n) is 7.20. The molecule has 0 aliphatic carbocycles. The van der Waals surface area contributed by atoms with Crippen LogP contribution in [0.15, 0.2) is 48.7 Å². The van der Waals surface area contributed by atoms with Gasteiger partial charge in [-0.2, -0.15) is 0 Å². The third kappa shape index (κ3) is 4.20. The highest BCUT2D eigenvalue weighted by Crippen LogP contribution is 2.20. The number of hydrogen-bond donors (Lipinski definition) is 2. The summed E-state index contributed by atoms with van der Waals surface area (Å²) in [5, 5.41) is 12.6. The Hall–Kier alpha value is -2.07. The Kier molecular flexibility index (Phi) is 5.17. The van der Waals surface area contributed by atoms with Crippen molar-refractivity contribution >= 4 is 5.91 Å². The Morgan fingerprint density at radius 1 is 1.24 bits per heavy atom. The maximum Gasteiger partial charge on any atom is 0.267 e. The Labute approximate surface area is 125 Å². The zero-order valence-electron chi connectivity index (χ0n) is 12.5. The number of carbonyl (C=O) groups excluding carboxylic acids is 1. The first kappa shape index (κ1) is 15.3. The van der Waals surface area contributed by atoms with E-state index in [4.69, 9.17) is 0 Å². The van der Waals surface area contributed by atoms with E-state index in [9.17, 15) is 9.90 Å². The molecule has 0 saturated carbocycles. The molecule has 0 radical (unpaired) electrons. The number of benzene rings is 1. The highest BCUT2D eigenvalue weighted by atomic mass is 16.3. The second-order valence-corrected chi connectivity index (χ2v) is 5.41. The number of amides is 1. The fraction of sp³-hybridized carbons (Fsp3) is 0.353. The molecular formula is C17H22N2O2. The molecule has 0 saturated heterocycles. The number of aromatic nitrogens is 1. The van der Waals surface area contributed by atoms with Crippen LogP contribution in [0.2, 0.25) is 0 Å². The number of nitrogens with one attached hydrogen (secondary N) is 1. The van der Waals surface area contributed by atoms with E-state index >= 15 is 0 Å². The quantitative estimate of drug-likeness (QED) is 0.856. The van der Waals surface area contributed by atoms with Crippen molar-refractivity contribution in [3.63, 3.8) is 0 Å². The molecule has 0 spiro atoms. The minimum absolute atomic E-state index is 0.0889. The lowest BCUT2D eigenvalue weighted by atomic mass is 9.93. The molecule has 1 heterocycles. The van der Waals surface area contributed by atoms with E-state index in [2.05, 4.69) is 5.32 Å². The number of rotatable bonds is 6. The molecule has 4 nitrogen and oxygen atoms in total. The van der Waals surface area contributed by atoms with E-state index < -0.39 is 6.10 Å². The summed E-state index contributed by atoms with van der Waals surface area (Å²) in [5.74, 6) is 0.0180. The molecule has 1 amide bonds. The maximum absolute atomic E-state index is 12.2. The van der Waals surface area contributed by atoms with Gasteiger partial charge in [0.1, 0.15) is 5.69 Å². The largest absolute Gasteiger partial charge is 0.393 e. The molecule has 4 heteroatoms. The molecule has 112 valence electrons. The zero-order valence-corrected chi connectivity index (χ0v) is 12.5. The van der Waals surface area contributed by atoms with E-state index in [1.165, 1.54) is 0 Å². The van der Waals surface area contributed by atoms with Crippen LogP contribution in [0.5, 0.6) is 0 Å². The standard InChI is InChI=1S/C17H22N2O2/c1-13(20)11-15(14-7-4-3-5-8-14)12-18-17(21)16-9-6-10-19(16)2/h3-10,13,15,20H,11-12H2,1-2H3,(H,18,21). The Morgan fingerprint density at radius 3 is 2.52 bits per heavy atom. The van der Waals surface area contributed by atoms with Crippen LogP contribution in [0.25, 0.3) is 0 Å². The van der Waals surface area contributed by atoms with Gasteiger partial charge in [0, 0.05) is 25.7 Å². The first-order valence-corrected chi connectivity index (χ1v) is 7.20. The molecule has 1 aromatic heterocycles. The predicted molar refractivity (Wildman–Crippen MR) is 83.2 cm³/mol. The van der Waals surface area contributed by atoms with Gasteiger partial charge in [-0.25, -0.2) is 0 Å². The minimum atomic E-state index is -0.401. The summed E-state index contributed by atoms with van der Waals surface area (Å²) in [5.41, 5.74) is 1.77. The number of aryl methyl sites for hydroxylation is 1. The molecule has 2 atom stereocenters. The van der Waals surface area contributed by atoms with Gasteiger partial charge in [0.25, 0.3) is 5.91 Å². The molecule has 2 N–H and O–H groups in total. The molecule has 21 heavy (non-hydrogen) atoms. The molecule has 1 aromatic carbocycles. The molecule has 0 aliphatic rings. The summed E-state index contributed by atoms with van der Waals surface area (Å²) in [6.07, 6.45) is 2.07. The summed E-state index contributed by atoms with van der Waals surface area (Å²) < 4.78 is 1.79. The van der Waals surface area contributed by atoms with Crippen molar-refractivity contribution in [2.24, 2.45) is 7.05 Å². The van der Waals surface area contributed by atoms with Gasteiger partial charge < -0.3 is 15.0 Å². The van der Waals surface area contributed by atoms with Gasteiger partial charge in [0.05, 0.1) is 6.10 Å². The van der Waals surface area contributed by atoms with Crippen LogP contribution < -0.4 is 5.32 Å². The summed E-state index contributed by atoms with van der Waals surface area (Å²) in [6.45, 7) is 2.29. The Morgan fingerprint density at radius 2 is 1.95 bits per heavy atom. The van der Waals surface area contributed by atoms with E-state index in [1.807, 2.05) is 49.6 Å². The topological polar surface area (TPSA) is 54.3 Å². The number of carbonyl (C=O) groups is 1. The first-order chi connectivity index (χ1) is 10.1. The molecule has 0 aliphatic heterocycles. The number of aliphatic hydroxyl groups excluding tert-OH is 1. The van der Waals surface area contributed by atoms with E-state index in [1.54, 1.807) is 17.6 Å². The molecule has 0 bridgehead atoms. The third-order valence-corrected chi connectivity index (χ3v) is 3.58. The average Bonchev–Trinajstić information content (AvgIpc) is 2.90. The van der Waals surface area contributed by atoms with Crippen LogP contribution in [0.3, 0.4) is 0 Å². The van der Waals surface area contributed by atoms with Gasteiger partial charge in [-0.05, 0) is 31.0 Å². The Balaban J connectivity index is 2.03. The van der Waals surface area contributed by atoms with Crippen LogP contribution in [-0.4, -0.2) is 28.2 Å². The molecule has 0 fully saturated rings. The second kappa shape index (κ2) is 7.09. The molecule has 2 unspecified atom stereocenters. The minimum Gasteiger partial charge on any atom is -0.393 e.